The van der Waals surface area contributed by atoms with E-state index in [2.05, 4.69) is 11.9 Å². The monoisotopic (exact) mass is 257 g/mol. The van der Waals surface area contributed by atoms with Crippen LogP contribution in [0.3, 0.4) is 0 Å². The third-order valence-corrected chi connectivity index (χ3v) is 2.93. The van der Waals surface area contributed by atoms with Crippen LogP contribution in [0.1, 0.15) is 24.4 Å². The zero-order chi connectivity index (χ0) is 13.7. The zero-order valence-electron chi connectivity index (χ0n) is 11.1. The Hall–Kier alpha value is -1.84. The minimum absolute atomic E-state index is 0.440. The zero-order valence-corrected chi connectivity index (χ0v) is 11.1. The molecule has 19 heavy (non-hydrogen) atoms. The fraction of sp³-hybridized carbons (Fsp3) is 0.250. The molecule has 3 nitrogen and oxygen atoms in total. The SMILES string of the molecule is C=CCNCc1ccc(-c2ccc([C@H](C)O)cc2)o1. The van der Waals surface area contributed by atoms with E-state index in [-0.39, 0.29) is 0 Å². The Morgan fingerprint density at radius 1 is 1.26 bits per heavy atom. The maximum absolute atomic E-state index is 9.47. The van der Waals surface area contributed by atoms with E-state index in [9.17, 15) is 5.11 Å². The van der Waals surface area contributed by atoms with Crippen molar-refractivity contribution in [3.8, 4) is 11.3 Å². The molecule has 0 saturated carbocycles. The predicted molar refractivity (Wildman–Crippen MR) is 76.7 cm³/mol. The fourth-order valence-corrected chi connectivity index (χ4v) is 1.85. The molecule has 1 heterocycles. The van der Waals surface area contributed by atoms with Crippen molar-refractivity contribution in [1.82, 2.24) is 5.32 Å². The van der Waals surface area contributed by atoms with Crippen molar-refractivity contribution in [3.63, 3.8) is 0 Å². The first-order valence-corrected chi connectivity index (χ1v) is 6.39. The van der Waals surface area contributed by atoms with Crippen LogP contribution >= 0.6 is 0 Å². The number of furan rings is 1. The number of rotatable bonds is 6. The first kappa shape index (κ1) is 13.6. The van der Waals surface area contributed by atoms with Gasteiger partial charge >= 0.3 is 0 Å². The molecule has 100 valence electrons. The van der Waals surface area contributed by atoms with Crippen molar-refractivity contribution in [1.29, 1.82) is 0 Å². The third-order valence-electron chi connectivity index (χ3n) is 2.93. The summed E-state index contributed by atoms with van der Waals surface area (Å²) in [6.07, 6.45) is 1.38. The highest BCUT2D eigenvalue weighted by Gasteiger charge is 2.06. The summed E-state index contributed by atoms with van der Waals surface area (Å²) in [5, 5.41) is 12.7. The van der Waals surface area contributed by atoms with Crippen LogP contribution in [0.2, 0.25) is 0 Å². The van der Waals surface area contributed by atoms with Crippen LogP contribution < -0.4 is 5.32 Å². The minimum atomic E-state index is -0.440. The Kier molecular flexibility index (Phi) is 4.55. The van der Waals surface area contributed by atoms with Gasteiger partial charge in [0, 0.05) is 12.1 Å². The van der Waals surface area contributed by atoms with E-state index in [1.54, 1.807) is 6.92 Å². The van der Waals surface area contributed by atoms with Crippen LogP contribution in [0, 0.1) is 0 Å². The van der Waals surface area contributed by atoms with Gasteiger partial charge in [-0.15, -0.1) is 6.58 Å². The molecule has 2 rings (SSSR count). The lowest BCUT2D eigenvalue weighted by atomic mass is 10.1. The maximum Gasteiger partial charge on any atom is 0.134 e. The van der Waals surface area contributed by atoms with Crippen molar-refractivity contribution >= 4 is 0 Å². The summed E-state index contributed by atoms with van der Waals surface area (Å²) >= 11 is 0. The maximum atomic E-state index is 9.47. The van der Waals surface area contributed by atoms with Crippen LogP contribution in [-0.2, 0) is 6.54 Å². The number of aliphatic hydroxyl groups excluding tert-OH is 1. The van der Waals surface area contributed by atoms with Crippen molar-refractivity contribution in [2.75, 3.05) is 6.54 Å². The molecule has 3 heteroatoms. The van der Waals surface area contributed by atoms with Crippen LogP contribution in [0.25, 0.3) is 11.3 Å². The van der Waals surface area contributed by atoms with Gasteiger partial charge in [0.2, 0.25) is 0 Å². The molecule has 0 radical (unpaired) electrons. The van der Waals surface area contributed by atoms with Crippen LogP contribution in [0.5, 0.6) is 0 Å². The highest BCUT2D eigenvalue weighted by Crippen LogP contribution is 2.24. The van der Waals surface area contributed by atoms with Gasteiger partial charge in [0.1, 0.15) is 11.5 Å². The van der Waals surface area contributed by atoms with Crippen molar-refractivity contribution in [3.05, 3.63) is 60.4 Å². The Balaban J connectivity index is 2.07. The summed E-state index contributed by atoms with van der Waals surface area (Å²) in [4.78, 5) is 0. The number of hydrogen-bond acceptors (Lipinski definition) is 3. The van der Waals surface area contributed by atoms with Gasteiger partial charge in [-0.3, -0.25) is 0 Å². The van der Waals surface area contributed by atoms with E-state index < -0.39 is 6.10 Å². The molecule has 2 N–H and O–H groups in total. The highest BCUT2D eigenvalue weighted by molar-refractivity contribution is 5.58. The molecular weight excluding hydrogens is 238 g/mol. The molecule has 0 aliphatic rings. The lowest BCUT2D eigenvalue weighted by Crippen LogP contribution is -2.11. The lowest BCUT2D eigenvalue weighted by Gasteiger charge is -2.05. The second kappa shape index (κ2) is 6.36. The van der Waals surface area contributed by atoms with Gasteiger partial charge in [-0.25, -0.2) is 0 Å². The van der Waals surface area contributed by atoms with Crippen LogP contribution in [-0.4, -0.2) is 11.7 Å². The largest absolute Gasteiger partial charge is 0.460 e. The Morgan fingerprint density at radius 3 is 2.63 bits per heavy atom. The quantitative estimate of drug-likeness (QED) is 0.616. The van der Waals surface area contributed by atoms with Crippen molar-refractivity contribution < 1.29 is 9.52 Å². The molecule has 0 aliphatic carbocycles. The molecule has 0 unspecified atom stereocenters. The van der Waals surface area contributed by atoms with Crippen LogP contribution in [0.4, 0.5) is 0 Å². The van der Waals surface area contributed by atoms with Gasteiger partial charge in [0.25, 0.3) is 0 Å². The normalized spacial score (nSPS) is 12.3. The first-order valence-electron chi connectivity index (χ1n) is 6.39. The molecule has 0 amide bonds. The van der Waals surface area contributed by atoms with E-state index in [0.29, 0.717) is 6.54 Å². The average Bonchev–Trinajstić information content (AvgIpc) is 2.88. The molecule has 0 fully saturated rings. The highest BCUT2D eigenvalue weighted by atomic mass is 16.3. The predicted octanol–water partition coefficient (Wildman–Crippen LogP) is 3.28. The van der Waals surface area contributed by atoms with E-state index in [4.69, 9.17) is 4.42 Å². The smallest absolute Gasteiger partial charge is 0.134 e. The van der Waals surface area contributed by atoms with Crippen molar-refractivity contribution in [2.45, 2.75) is 19.6 Å². The average molecular weight is 257 g/mol. The van der Waals surface area contributed by atoms with Gasteiger partial charge in [0.05, 0.1) is 12.6 Å². The summed E-state index contributed by atoms with van der Waals surface area (Å²) < 4.78 is 5.76. The van der Waals surface area contributed by atoms with E-state index >= 15 is 0 Å². The van der Waals surface area contributed by atoms with E-state index in [0.717, 1.165) is 29.2 Å². The molecule has 0 bridgehead atoms. The summed E-state index contributed by atoms with van der Waals surface area (Å²) in [6.45, 7) is 6.86. The molecule has 1 atom stereocenters. The summed E-state index contributed by atoms with van der Waals surface area (Å²) in [5.74, 6) is 1.74. The Bertz CT molecular complexity index is 526. The summed E-state index contributed by atoms with van der Waals surface area (Å²) in [5.41, 5.74) is 1.92. The second-order valence-electron chi connectivity index (χ2n) is 4.48. The standard InChI is InChI=1S/C16H19NO2/c1-3-10-17-11-15-8-9-16(19-15)14-6-4-13(5-7-14)12(2)18/h3-9,12,17-18H,1,10-11H2,2H3/t12-/m0/s1. The Labute approximate surface area is 113 Å². The van der Waals surface area contributed by atoms with Gasteiger partial charge in [-0.05, 0) is 24.6 Å². The molecule has 1 aromatic heterocycles. The van der Waals surface area contributed by atoms with Gasteiger partial charge in [-0.1, -0.05) is 30.3 Å². The Morgan fingerprint density at radius 2 is 2.00 bits per heavy atom. The van der Waals surface area contributed by atoms with Crippen LogP contribution in [0.15, 0.2) is 53.5 Å². The topological polar surface area (TPSA) is 45.4 Å². The number of benzene rings is 1. The molecule has 2 aromatic rings. The lowest BCUT2D eigenvalue weighted by molar-refractivity contribution is 0.199. The molecular formula is C16H19NO2. The minimum Gasteiger partial charge on any atom is -0.460 e. The number of aliphatic hydroxyl groups is 1. The fourth-order valence-electron chi connectivity index (χ4n) is 1.85. The number of nitrogens with one attached hydrogen (secondary N) is 1. The summed E-state index contributed by atoms with van der Waals surface area (Å²) in [7, 11) is 0. The molecule has 0 spiro atoms. The number of hydrogen-bond donors (Lipinski definition) is 2. The first-order chi connectivity index (χ1) is 9.20. The van der Waals surface area contributed by atoms with E-state index in [1.165, 1.54) is 0 Å². The second-order valence-corrected chi connectivity index (χ2v) is 4.48. The van der Waals surface area contributed by atoms with Gasteiger partial charge < -0.3 is 14.8 Å². The molecule has 0 saturated heterocycles. The van der Waals surface area contributed by atoms with Gasteiger partial charge in [-0.2, -0.15) is 0 Å². The summed E-state index contributed by atoms with van der Waals surface area (Å²) in [6, 6.07) is 11.7. The molecule has 1 aromatic carbocycles. The van der Waals surface area contributed by atoms with Crippen molar-refractivity contribution in [2.24, 2.45) is 0 Å². The molecule has 0 aliphatic heterocycles. The van der Waals surface area contributed by atoms with E-state index in [1.807, 2.05) is 42.5 Å². The van der Waals surface area contributed by atoms with Gasteiger partial charge in [0.15, 0.2) is 0 Å². The third kappa shape index (κ3) is 3.56.